The second-order valence-corrected chi connectivity index (χ2v) is 5.58. The van der Waals surface area contributed by atoms with Crippen molar-refractivity contribution in [2.24, 2.45) is 0 Å². The summed E-state index contributed by atoms with van der Waals surface area (Å²) in [6, 6.07) is 7.79. The number of aromatic amines is 1. The molecule has 1 amide bonds. The summed E-state index contributed by atoms with van der Waals surface area (Å²) in [6.45, 7) is 5.91. The van der Waals surface area contributed by atoms with E-state index in [2.05, 4.69) is 4.98 Å². The lowest BCUT2D eigenvalue weighted by atomic mass is 10.1. The van der Waals surface area contributed by atoms with Crippen LogP contribution in [0.3, 0.4) is 0 Å². The fourth-order valence-electron chi connectivity index (χ4n) is 2.62. The number of nitrogens with zero attached hydrogens (tertiary/aromatic N) is 1. The number of carbonyl (C=O) groups is 1. The van der Waals surface area contributed by atoms with E-state index in [9.17, 15) is 4.79 Å². The number of amides is 1. The highest BCUT2D eigenvalue weighted by molar-refractivity contribution is 6.05. The molecule has 1 aromatic heterocycles. The molecule has 1 fully saturated rings. The molecule has 0 atom stereocenters. The fraction of sp³-hybridized carbons (Fsp3) is 0.400. The summed E-state index contributed by atoms with van der Waals surface area (Å²) < 4.78 is 5.65. The number of para-hydroxylation sites is 1. The van der Waals surface area contributed by atoms with Crippen LogP contribution in [0.1, 0.15) is 24.2 Å². The SMILES string of the molecule is CC1(C)CN(C(=O)c2cccc3cc[nH]c23)CCO1. The second-order valence-electron chi connectivity index (χ2n) is 5.58. The zero-order chi connectivity index (χ0) is 13.5. The molecule has 1 saturated heterocycles. The van der Waals surface area contributed by atoms with Gasteiger partial charge in [0.2, 0.25) is 0 Å². The molecular weight excluding hydrogens is 240 g/mol. The smallest absolute Gasteiger partial charge is 0.256 e. The van der Waals surface area contributed by atoms with Crippen molar-refractivity contribution in [3.8, 4) is 0 Å². The van der Waals surface area contributed by atoms with E-state index < -0.39 is 0 Å². The van der Waals surface area contributed by atoms with Gasteiger partial charge in [0.25, 0.3) is 5.91 Å². The number of nitrogens with one attached hydrogen (secondary N) is 1. The highest BCUT2D eigenvalue weighted by Gasteiger charge is 2.30. The molecule has 0 bridgehead atoms. The predicted octanol–water partition coefficient (Wildman–Crippen LogP) is 2.42. The first kappa shape index (κ1) is 12.2. The van der Waals surface area contributed by atoms with Crippen LogP contribution in [0.5, 0.6) is 0 Å². The normalized spacial score (nSPS) is 18.7. The lowest BCUT2D eigenvalue weighted by Gasteiger charge is -2.38. The minimum absolute atomic E-state index is 0.0735. The number of carbonyl (C=O) groups excluding carboxylic acids is 1. The molecule has 2 aromatic rings. The Morgan fingerprint density at radius 3 is 3.00 bits per heavy atom. The Morgan fingerprint density at radius 1 is 1.37 bits per heavy atom. The van der Waals surface area contributed by atoms with Gasteiger partial charge in [0.1, 0.15) is 0 Å². The van der Waals surface area contributed by atoms with Gasteiger partial charge in [-0.15, -0.1) is 0 Å². The summed E-state index contributed by atoms with van der Waals surface area (Å²) in [5.74, 6) is 0.0735. The minimum Gasteiger partial charge on any atom is -0.372 e. The molecule has 100 valence electrons. The zero-order valence-electron chi connectivity index (χ0n) is 11.3. The summed E-state index contributed by atoms with van der Waals surface area (Å²) in [4.78, 5) is 17.7. The number of aromatic nitrogens is 1. The molecule has 0 saturated carbocycles. The van der Waals surface area contributed by atoms with Crippen LogP contribution in [0.4, 0.5) is 0 Å². The van der Waals surface area contributed by atoms with Crippen molar-refractivity contribution >= 4 is 16.8 Å². The minimum atomic E-state index is -0.266. The summed E-state index contributed by atoms with van der Waals surface area (Å²) in [5.41, 5.74) is 1.38. The molecule has 4 heteroatoms. The fourth-order valence-corrected chi connectivity index (χ4v) is 2.62. The first-order valence-corrected chi connectivity index (χ1v) is 6.56. The van der Waals surface area contributed by atoms with Crippen LogP contribution in [0.25, 0.3) is 10.9 Å². The maximum Gasteiger partial charge on any atom is 0.256 e. The molecule has 1 N–H and O–H groups in total. The van der Waals surface area contributed by atoms with Gasteiger partial charge in [0.05, 0.1) is 23.3 Å². The monoisotopic (exact) mass is 258 g/mol. The van der Waals surface area contributed by atoms with Crippen molar-refractivity contribution < 1.29 is 9.53 Å². The van der Waals surface area contributed by atoms with E-state index in [1.165, 1.54) is 0 Å². The number of ether oxygens (including phenoxy) is 1. The molecule has 3 rings (SSSR count). The molecule has 19 heavy (non-hydrogen) atoms. The van der Waals surface area contributed by atoms with Crippen molar-refractivity contribution in [1.82, 2.24) is 9.88 Å². The van der Waals surface area contributed by atoms with Crippen LogP contribution in [-0.2, 0) is 4.74 Å². The van der Waals surface area contributed by atoms with Crippen LogP contribution in [0, 0.1) is 0 Å². The van der Waals surface area contributed by atoms with E-state index in [-0.39, 0.29) is 11.5 Å². The summed E-state index contributed by atoms with van der Waals surface area (Å²) >= 11 is 0. The quantitative estimate of drug-likeness (QED) is 0.853. The number of morpholine rings is 1. The van der Waals surface area contributed by atoms with E-state index in [0.29, 0.717) is 19.7 Å². The summed E-state index contributed by atoms with van der Waals surface area (Å²) in [5, 5.41) is 1.07. The first-order valence-electron chi connectivity index (χ1n) is 6.56. The number of fused-ring (bicyclic) bond motifs is 1. The lowest BCUT2D eigenvalue weighted by molar-refractivity contribution is -0.0763. The third-order valence-corrected chi connectivity index (χ3v) is 3.53. The number of benzene rings is 1. The van der Waals surface area contributed by atoms with Crippen LogP contribution in [0.2, 0.25) is 0 Å². The van der Waals surface area contributed by atoms with Crippen molar-refractivity contribution in [1.29, 1.82) is 0 Å². The molecule has 0 aliphatic carbocycles. The third kappa shape index (κ3) is 2.24. The standard InChI is InChI=1S/C15H18N2O2/c1-15(2)10-17(8-9-19-15)14(18)12-5-3-4-11-6-7-16-13(11)12/h3-7,16H,8-10H2,1-2H3. The predicted molar refractivity (Wildman–Crippen MR) is 74.2 cm³/mol. The largest absolute Gasteiger partial charge is 0.372 e. The van der Waals surface area contributed by atoms with E-state index in [1.54, 1.807) is 0 Å². The molecular formula is C15H18N2O2. The van der Waals surface area contributed by atoms with E-state index in [0.717, 1.165) is 16.5 Å². The van der Waals surface area contributed by atoms with Crippen LogP contribution < -0.4 is 0 Å². The maximum absolute atomic E-state index is 12.6. The van der Waals surface area contributed by atoms with Gasteiger partial charge in [-0.05, 0) is 26.0 Å². The van der Waals surface area contributed by atoms with Gasteiger partial charge in [-0.25, -0.2) is 0 Å². The molecule has 0 radical (unpaired) electrons. The number of hydrogen-bond acceptors (Lipinski definition) is 2. The van der Waals surface area contributed by atoms with E-state index in [1.807, 2.05) is 49.2 Å². The second kappa shape index (κ2) is 4.38. The van der Waals surface area contributed by atoms with E-state index >= 15 is 0 Å². The highest BCUT2D eigenvalue weighted by atomic mass is 16.5. The average Bonchev–Trinajstić information content (AvgIpc) is 2.84. The van der Waals surface area contributed by atoms with Gasteiger partial charge in [-0.3, -0.25) is 4.79 Å². The Labute approximate surface area is 112 Å². The van der Waals surface area contributed by atoms with Gasteiger partial charge in [-0.2, -0.15) is 0 Å². The lowest BCUT2D eigenvalue weighted by Crippen LogP contribution is -2.50. The molecule has 1 aliphatic heterocycles. The Bertz CT molecular complexity index is 615. The Morgan fingerprint density at radius 2 is 2.21 bits per heavy atom. The molecule has 2 heterocycles. The van der Waals surface area contributed by atoms with Gasteiger partial charge in [0.15, 0.2) is 0 Å². The molecule has 0 spiro atoms. The molecule has 1 aliphatic rings. The maximum atomic E-state index is 12.6. The van der Waals surface area contributed by atoms with E-state index in [4.69, 9.17) is 4.74 Å². The van der Waals surface area contributed by atoms with Crippen molar-refractivity contribution in [3.05, 3.63) is 36.0 Å². The zero-order valence-corrected chi connectivity index (χ0v) is 11.3. The third-order valence-electron chi connectivity index (χ3n) is 3.53. The van der Waals surface area contributed by atoms with Crippen LogP contribution in [-0.4, -0.2) is 41.1 Å². The molecule has 4 nitrogen and oxygen atoms in total. The van der Waals surface area contributed by atoms with Gasteiger partial charge in [-0.1, -0.05) is 12.1 Å². The molecule has 0 unspecified atom stereocenters. The van der Waals surface area contributed by atoms with Gasteiger partial charge >= 0.3 is 0 Å². The van der Waals surface area contributed by atoms with Gasteiger partial charge < -0.3 is 14.6 Å². The first-order chi connectivity index (χ1) is 9.07. The summed E-state index contributed by atoms with van der Waals surface area (Å²) in [6.07, 6.45) is 1.87. The number of rotatable bonds is 1. The van der Waals surface area contributed by atoms with Crippen LogP contribution in [0.15, 0.2) is 30.5 Å². The van der Waals surface area contributed by atoms with Crippen molar-refractivity contribution in [2.75, 3.05) is 19.7 Å². The van der Waals surface area contributed by atoms with Crippen molar-refractivity contribution in [3.63, 3.8) is 0 Å². The Balaban J connectivity index is 1.93. The Hall–Kier alpha value is -1.81. The Kier molecular flexibility index (Phi) is 2.82. The molecule has 1 aromatic carbocycles. The number of H-pyrrole nitrogens is 1. The summed E-state index contributed by atoms with van der Waals surface area (Å²) in [7, 11) is 0. The van der Waals surface area contributed by atoms with Crippen molar-refractivity contribution in [2.45, 2.75) is 19.4 Å². The van der Waals surface area contributed by atoms with Gasteiger partial charge in [0, 0.05) is 24.7 Å². The van der Waals surface area contributed by atoms with Crippen LogP contribution >= 0.6 is 0 Å². The topological polar surface area (TPSA) is 45.3 Å². The highest BCUT2D eigenvalue weighted by Crippen LogP contribution is 2.22. The number of hydrogen-bond donors (Lipinski definition) is 1. The average molecular weight is 258 g/mol.